The fourth-order valence-corrected chi connectivity index (χ4v) is 12.1. The fraction of sp³-hybridized carbons (Fsp3) is 0.444. The maximum absolute atomic E-state index is 2.36. The number of thiophene rings is 4. The maximum atomic E-state index is 2.36. The van der Waals surface area contributed by atoms with Gasteiger partial charge >= 0.3 is 0 Å². The molecule has 0 amide bonds. The quantitative estimate of drug-likeness (QED) is 0.0341. The van der Waals surface area contributed by atoms with Gasteiger partial charge in [-0.2, -0.15) is 0 Å². The average molecular weight is 845 g/mol. The van der Waals surface area contributed by atoms with Crippen molar-refractivity contribution in [2.45, 2.75) is 155 Å². The van der Waals surface area contributed by atoms with Gasteiger partial charge in [0.15, 0.2) is 0 Å². The zero-order valence-electron chi connectivity index (χ0n) is 35.6. The Hall–Kier alpha value is -3.02. The minimum Gasteiger partial charge on any atom is -0.139 e. The highest BCUT2D eigenvalue weighted by molar-refractivity contribution is 7.24. The molecular weight excluding hydrogens is 777 g/mol. The van der Waals surface area contributed by atoms with E-state index in [1.165, 1.54) is 203 Å². The molecule has 0 atom stereocenters. The average Bonchev–Trinajstić information content (AvgIpc) is 4.10. The second-order valence-corrected chi connectivity index (χ2v) is 20.8. The summed E-state index contributed by atoms with van der Waals surface area (Å²) in [6, 6.07) is 36.7. The van der Waals surface area contributed by atoms with Gasteiger partial charge in [0.25, 0.3) is 0 Å². The van der Waals surface area contributed by atoms with E-state index in [-0.39, 0.29) is 0 Å². The minimum absolute atomic E-state index is 1.23. The molecule has 0 bridgehead atoms. The molecule has 0 spiro atoms. The molecule has 0 aliphatic heterocycles. The first-order valence-electron chi connectivity index (χ1n) is 23.0. The third-order valence-electron chi connectivity index (χ3n) is 11.4. The molecule has 6 rings (SSSR count). The van der Waals surface area contributed by atoms with Gasteiger partial charge < -0.3 is 0 Å². The molecule has 0 aliphatic rings. The van der Waals surface area contributed by atoms with Crippen LogP contribution in [-0.4, -0.2) is 0 Å². The summed E-state index contributed by atoms with van der Waals surface area (Å²) < 4.78 is 0. The largest absolute Gasteiger partial charge is 0.139 e. The van der Waals surface area contributed by atoms with Gasteiger partial charge in [0.2, 0.25) is 0 Å². The van der Waals surface area contributed by atoms with E-state index in [4.69, 9.17) is 0 Å². The lowest BCUT2D eigenvalue weighted by Crippen LogP contribution is -1.84. The summed E-state index contributed by atoms with van der Waals surface area (Å²) in [5, 5.41) is 0. The van der Waals surface area contributed by atoms with Crippen LogP contribution in [-0.2, 0) is 12.8 Å². The molecule has 0 saturated heterocycles. The van der Waals surface area contributed by atoms with Gasteiger partial charge in [-0.15, -0.1) is 45.3 Å². The van der Waals surface area contributed by atoms with Crippen LogP contribution in [0, 0.1) is 0 Å². The van der Waals surface area contributed by atoms with Crippen LogP contribution in [0.3, 0.4) is 0 Å². The fourth-order valence-electron chi connectivity index (χ4n) is 7.82. The molecule has 58 heavy (non-hydrogen) atoms. The van der Waals surface area contributed by atoms with E-state index in [9.17, 15) is 0 Å². The number of benzene rings is 2. The monoisotopic (exact) mass is 844 g/mol. The second-order valence-electron chi connectivity index (χ2n) is 16.3. The van der Waals surface area contributed by atoms with E-state index < -0.39 is 0 Å². The van der Waals surface area contributed by atoms with Crippen molar-refractivity contribution < 1.29 is 0 Å². The minimum atomic E-state index is 1.23. The van der Waals surface area contributed by atoms with Gasteiger partial charge in [0.1, 0.15) is 0 Å². The first kappa shape index (κ1) is 44.5. The Bertz CT molecular complexity index is 1860. The second kappa shape index (κ2) is 25.6. The Morgan fingerprint density at radius 1 is 0.293 bits per heavy atom. The molecule has 0 aliphatic carbocycles. The topological polar surface area (TPSA) is 0 Å². The standard InChI is InChI=1S/C54H68S4/c1-3-5-7-9-11-13-15-17-19-21-23-47-35-37-51(55-47)53-41-39-49(57-53)45-31-27-43(28-32-45)25-26-44-29-33-46(34-30-44)50-40-42-54(58-50)52-38-36-48(56-52)24-22-20-18-16-14-12-10-8-6-4-2/h25-42H,3-24H2,1-2H3. The van der Waals surface area contributed by atoms with E-state index in [2.05, 4.69) is 123 Å². The molecule has 0 unspecified atom stereocenters. The molecule has 308 valence electrons. The van der Waals surface area contributed by atoms with Gasteiger partial charge in [0, 0.05) is 39.0 Å². The van der Waals surface area contributed by atoms with Gasteiger partial charge in [-0.25, -0.2) is 0 Å². The summed E-state index contributed by atoms with van der Waals surface area (Å²) in [6.45, 7) is 4.59. The lowest BCUT2D eigenvalue weighted by Gasteiger charge is -2.02. The van der Waals surface area contributed by atoms with Crippen molar-refractivity contribution in [3.05, 3.63) is 118 Å². The summed E-state index contributed by atoms with van der Waals surface area (Å²) in [4.78, 5) is 11.3. The van der Waals surface area contributed by atoms with Gasteiger partial charge in [-0.3, -0.25) is 0 Å². The summed E-state index contributed by atoms with van der Waals surface area (Å²) in [6.07, 6.45) is 34.9. The molecule has 4 heterocycles. The van der Waals surface area contributed by atoms with Crippen LogP contribution < -0.4 is 0 Å². The van der Waals surface area contributed by atoms with Crippen molar-refractivity contribution in [3.8, 4) is 40.4 Å². The normalized spacial score (nSPS) is 11.7. The van der Waals surface area contributed by atoms with Gasteiger partial charge in [-0.1, -0.05) is 190 Å². The first-order valence-corrected chi connectivity index (χ1v) is 26.2. The zero-order valence-corrected chi connectivity index (χ0v) is 38.8. The van der Waals surface area contributed by atoms with Crippen molar-refractivity contribution in [1.29, 1.82) is 0 Å². The molecule has 2 aromatic carbocycles. The molecule has 0 nitrogen and oxygen atoms in total. The Labute approximate surface area is 368 Å². The Balaban J connectivity index is 0.904. The SMILES string of the molecule is CCCCCCCCCCCCc1ccc(-c2ccc(-c3ccc(C=Cc4ccc(-c5ccc(-c6ccc(CCCCCCCCCCCC)s6)s5)cc4)cc3)s2)s1. The lowest BCUT2D eigenvalue weighted by atomic mass is 10.1. The lowest BCUT2D eigenvalue weighted by molar-refractivity contribution is 0.557. The first-order chi connectivity index (χ1) is 28.7. The number of unbranched alkanes of at least 4 members (excludes halogenated alkanes) is 18. The molecule has 0 saturated carbocycles. The number of hydrogen-bond acceptors (Lipinski definition) is 4. The summed E-state index contributed by atoms with van der Waals surface area (Å²) in [5.74, 6) is 0. The van der Waals surface area contributed by atoms with Gasteiger partial charge in [-0.05, 0) is 96.5 Å². The van der Waals surface area contributed by atoms with Crippen molar-refractivity contribution in [3.63, 3.8) is 0 Å². The van der Waals surface area contributed by atoms with Crippen molar-refractivity contribution in [2.75, 3.05) is 0 Å². The van der Waals surface area contributed by atoms with Crippen molar-refractivity contribution in [1.82, 2.24) is 0 Å². The third-order valence-corrected chi connectivity index (χ3v) is 16.4. The third kappa shape index (κ3) is 14.9. The van der Waals surface area contributed by atoms with E-state index in [1.807, 2.05) is 45.3 Å². The van der Waals surface area contributed by atoms with Gasteiger partial charge in [0.05, 0.1) is 0 Å². The van der Waals surface area contributed by atoms with Crippen LogP contribution >= 0.6 is 45.3 Å². The van der Waals surface area contributed by atoms with E-state index in [0.717, 1.165) is 0 Å². The molecule has 4 aromatic heterocycles. The maximum Gasteiger partial charge on any atom is 0.0449 e. The molecule has 0 N–H and O–H groups in total. The van der Waals surface area contributed by atoms with E-state index >= 15 is 0 Å². The Morgan fingerprint density at radius 3 is 0.948 bits per heavy atom. The highest BCUT2D eigenvalue weighted by Gasteiger charge is 2.10. The summed E-state index contributed by atoms with van der Waals surface area (Å²) in [7, 11) is 0. The van der Waals surface area contributed by atoms with Crippen molar-refractivity contribution >= 4 is 57.5 Å². The highest BCUT2D eigenvalue weighted by atomic mass is 32.1. The molecule has 6 aromatic rings. The summed E-state index contributed by atoms with van der Waals surface area (Å²) in [5.41, 5.74) is 5.04. The zero-order chi connectivity index (χ0) is 40.0. The molecule has 0 radical (unpaired) electrons. The van der Waals surface area contributed by atoms with E-state index in [1.54, 1.807) is 0 Å². The number of rotatable bonds is 28. The molecule has 0 fully saturated rings. The van der Waals surface area contributed by atoms with Crippen molar-refractivity contribution in [2.24, 2.45) is 0 Å². The summed E-state index contributed by atoms with van der Waals surface area (Å²) >= 11 is 7.81. The van der Waals surface area contributed by atoms with Crippen LogP contribution in [0.4, 0.5) is 0 Å². The predicted octanol–water partition coefficient (Wildman–Crippen LogP) is 19.7. The van der Waals surface area contributed by atoms with Crippen LogP contribution in [0.25, 0.3) is 52.5 Å². The molecular formula is C54H68S4. The Morgan fingerprint density at radius 2 is 0.586 bits per heavy atom. The van der Waals surface area contributed by atoms with Crippen LogP contribution in [0.2, 0.25) is 0 Å². The number of hydrogen-bond donors (Lipinski definition) is 0. The number of aryl methyl sites for hydroxylation is 2. The molecule has 4 heteroatoms. The Kier molecular flexibility index (Phi) is 19.6. The van der Waals surface area contributed by atoms with Crippen LogP contribution in [0.1, 0.15) is 163 Å². The van der Waals surface area contributed by atoms with Crippen LogP contribution in [0.5, 0.6) is 0 Å². The predicted molar refractivity (Wildman–Crippen MR) is 266 cm³/mol. The van der Waals surface area contributed by atoms with E-state index in [0.29, 0.717) is 0 Å². The highest BCUT2D eigenvalue weighted by Crippen LogP contribution is 2.40. The smallest absolute Gasteiger partial charge is 0.0449 e. The van der Waals surface area contributed by atoms with Crippen LogP contribution in [0.15, 0.2) is 97.1 Å².